The lowest BCUT2D eigenvalue weighted by Crippen LogP contribution is -2.23. The number of carbonyl (C=O) groups excluding carboxylic acids is 1. The van der Waals surface area contributed by atoms with Gasteiger partial charge in [-0.3, -0.25) is 18.6 Å². The zero-order valence-electron chi connectivity index (χ0n) is 16.8. The lowest BCUT2D eigenvalue weighted by atomic mass is 10.2. The second kappa shape index (κ2) is 9.01. The van der Waals surface area contributed by atoms with Crippen molar-refractivity contribution >= 4 is 23.2 Å². The van der Waals surface area contributed by atoms with Gasteiger partial charge < -0.3 is 10.1 Å². The van der Waals surface area contributed by atoms with Gasteiger partial charge in [-0.1, -0.05) is 29.8 Å². The first-order valence-corrected chi connectivity index (χ1v) is 10.0. The summed E-state index contributed by atoms with van der Waals surface area (Å²) in [5.41, 5.74) is 1.45. The van der Waals surface area contributed by atoms with Crippen molar-refractivity contribution in [2.75, 3.05) is 7.11 Å². The average Bonchev–Trinajstić information content (AvgIpc) is 3.21. The molecule has 0 spiro atoms. The maximum absolute atomic E-state index is 12.8. The van der Waals surface area contributed by atoms with Crippen molar-refractivity contribution in [1.29, 1.82) is 0 Å². The molecule has 0 aliphatic carbocycles. The van der Waals surface area contributed by atoms with Crippen LogP contribution in [0, 0.1) is 0 Å². The van der Waals surface area contributed by atoms with Crippen LogP contribution >= 0.6 is 11.6 Å². The van der Waals surface area contributed by atoms with Gasteiger partial charge in [-0.15, -0.1) is 10.2 Å². The van der Waals surface area contributed by atoms with Crippen LogP contribution < -0.4 is 15.6 Å². The molecule has 0 aliphatic rings. The maximum atomic E-state index is 12.8. The van der Waals surface area contributed by atoms with E-state index in [9.17, 15) is 9.59 Å². The Morgan fingerprint density at radius 2 is 1.87 bits per heavy atom. The van der Waals surface area contributed by atoms with Crippen LogP contribution in [0.3, 0.4) is 0 Å². The number of nitrogens with one attached hydrogen (secondary N) is 1. The number of amides is 1. The summed E-state index contributed by atoms with van der Waals surface area (Å²) in [6, 6.07) is 14.5. The van der Waals surface area contributed by atoms with Gasteiger partial charge in [0.2, 0.25) is 11.6 Å². The fourth-order valence-corrected chi connectivity index (χ4v) is 3.40. The third-order valence-corrected chi connectivity index (χ3v) is 5.27. The third-order valence-electron chi connectivity index (χ3n) is 4.90. The molecule has 2 heterocycles. The summed E-state index contributed by atoms with van der Waals surface area (Å²) in [6.45, 7) is 0.353. The Morgan fingerprint density at radius 1 is 1.10 bits per heavy atom. The van der Waals surface area contributed by atoms with Crippen molar-refractivity contribution in [2.24, 2.45) is 0 Å². The van der Waals surface area contributed by atoms with E-state index in [1.807, 2.05) is 18.2 Å². The van der Waals surface area contributed by atoms with E-state index in [2.05, 4.69) is 15.5 Å². The van der Waals surface area contributed by atoms with Gasteiger partial charge in [0.15, 0.2) is 0 Å². The summed E-state index contributed by atoms with van der Waals surface area (Å²) < 4.78 is 8.25. The standard InChI is InChI=1S/C22H20ClN5O3/c1-31-17-8-6-16(7-9-17)27-12-13-28-19(25-26-21(28)22(27)30)10-11-20(29)24-14-15-4-2-3-5-18(15)23/h2-9,12-13H,10-11,14H2,1H3,(H,24,29). The number of hydrogen-bond acceptors (Lipinski definition) is 5. The molecule has 2 aromatic heterocycles. The van der Waals surface area contributed by atoms with Gasteiger partial charge in [0.25, 0.3) is 0 Å². The molecule has 0 fully saturated rings. The first-order chi connectivity index (χ1) is 15.1. The molecule has 8 nitrogen and oxygen atoms in total. The molecule has 0 saturated carbocycles. The summed E-state index contributed by atoms with van der Waals surface area (Å²) in [5.74, 6) is 1.11. The normalized spacial score (nSPS) is 10.9. The number of benzene rings is 2. The molecule has 0 unspecified atom stereocenters. The van der Waals surface area contributed by atoms with E-state index in [0.29, 0.717) is 35.2 Å². The van der Waals surface area contributed by atoms with Crippen LogP contribution in [0.4, 0.5) is 0 Å². The lowest BCUT2D eigenvalue weighted by molar-refractivity contribution is -0.121. The Morgan fingerprint density at radius 3 is 2.61 bits per heavy atom. The van der Waals surface area contributed by atoms with E-state index in [1.165, 1.54) is 4.57 Å². The van der Waals surface area contributed by atoms with Crippen molar-refractivity contribution in [1.82, 2.24) is 24.5 Å². The number of rotatable bonds is 7. The monoisotopic (exact) mass is 437 g/mol. The highest BCUT2D eigenvalue weighted by atomic mass is 35.5. The van der Waals surface area contributed by atoms with Gasteiger partial charge in [-0.2, -0.15) is 0 Å². The molecule has 2 aromatic carbocycles. The Hall–Kier alpha value is -3.65. The van der Waals surface area contributed by atoms with Crippen molar-refractivity contribution in [3.63, 3.8) is 0 Å². The number of aromatic nitrogens is 4. The summed E-state index contributed by atoms with van der Waals surface area (Å²) in [6.07, 6.45) is 3.94. The summed E-state index contributed by atoms with van der Waals surface area (Å²) in [7, 11) is 1.59. The SMILES string of the molecule is COc1ccc(-n2ccn3c(CCC(=O)NCc4ccccc4Cl)nnc3c2=O)cc1. The Labute approximate surface area is 183 Å². The molecule has 1 amide bonds. The predicted octanol–water partition coefficient (Wildman–Crippen LogP) is 2.79. The molecular weight excluding hydrogens is 418 g/mol. The minimum absolute atomic E-state index is 0.136. The molecule has 1 N–H and O–H groups in total. The molecule has 0 saturated heterocycles. The Balaban J connectivity index is 1.45. The maximum Gasteiger partial charge on any atom is 0.300 e. The van der Waals surface area contributed by atoms with Crippen molar-refractivity contribution in [3.8, 4) is 11.4 Å². The smallest absolute Gasteiger partial charge is 0.300 e. The zero-order valence-corrected chi connectivity index (χ0v) is 17.5. The fourth-order valence-electron chi connectivity index (χ4n) is 3.20. The molecule has 9 heteroatoms. The number of halogens is 1. The summed E-state index contributed by atoms with van der Waals surface area (Å²) in [4.78, 5) is 25.1. The van der Waals surface area contributed by atoms with Gasteiger partial charge in [0, 0.05) is 42.5 Å². The first-order valence-electron chi connectivity index (χ1n) is 9.66. The van der Waals surface area contributed by atoms with Gasteiger partial charge in [-0.05, 0) is 35.9 Å². The van der Waals surface area contributed by atoms with E-state index in [0.717, 1.165) is 5.56 Å². The van der Waals surface area contributed by atoms with Crippen LogP contribution in [-0.4, -0.2) is 32.2 Å². The Bertz CT molecular complexity index is 1280. The number of ether oxygens (including phenoxy) is 1. The van der Waals surface area contributed by atoms with Crippen LogP contribution in [0.5, 0.6) is 5.75 Å². The molecule has 4 rings (SSSR count). The Kier molecular flexibility index (Phi) is 5.99. The van der Waals surface area contributed by atoms with Gasteiger partial charge >= 0.3 is 5.56 Å². The van der Waals surface area contributed by atoms with Gasteiger partial charge in [0.1, 0.15) is 11.6 Å². The molecule has 0 atom stereocenters. The highest BCUT2D eigenvalue weighted by Gasteiger charge is 2.13. The van der Waals surface area contributed by atoms with E-state index < -0.39 is 0 Å². The van der Waals surface area contributed by atoms with Crippen LogP contribution in [0.25, 0.3) is 11.3 Å². The quantitative estimate of drug-likeness (QED) is 0.480. The van der Waals surface area contributed by atoms with Gasteiger partial charge in [0.05, 0.1) is 7.11 Å². The number of methoxy groups -OCH3 is 1. The van der Waals surface area contributed by atoms with E-state index in [4.69, 9.17) is 16.3 Å². The second-order valence-corrected chi connectivity index (χ2v) is 7.26. The summed E-state index contributed by atoms with van der Waals surface area (Å²) in [5, 5.41) is 11.6. The molecule has 0 bridgehead atoms. The zero-order chi connectivity index (χ0) is 21.8. The molecule has 0 aliphatic heterocycles. The van der Waals surface area contributed by atoms with Crippen LogP contribution in [0.1, 0.15) is 17.8 Å². The molecule has 158 valence electrons. The minimum Gasteiger partial charge on any atom is -0.497 e. The van der Waals surface area contributed by atoms with E-state index in [-0.39, 0.29) is 23.5 Å². The molecule has 31 heavy (non-hydrogen) atoms. The predicted molar refractivity (Wildman–Crippen MR) is 117 cm³/mol. The highest BCUT2D eigenvalue weighted by Crippen LogP contribution is 2.15. The molecule has 0 radical (unpaired) electrons. The van der Waals surface area contributed by atoms with E-state index >= 15 is 0 Å². The number of fused-ring (bicyclic) bond motifs is 1. The van der Waals surface area contributed by atoms with Crippen molar-refractivity contribution < 1.29 is 9.53 Å². The topological polar surface area (TPSA) is 90.5 Å². The van der Waals surface area contributed by atoms with E-state index in [1.54, 1.807) is 54.2 Å². The third kappa shape index (κ3) is 4.44. The number of carbonyl (C=O) groups is 1. The van der Waals surface area contributed by atoms with Crippen molar-refractivity contribution in [3.05, 3.63) is 87.7 Å². The fraction of sp³-hybridized carbons (Fsp3) is 0.182. The van der Waals surface area contributed by atoms with Crippen LogP contribution in [-0.2, 0) is 17.8 Å². The minimum atomic E-state index is -0.297. The first kappa shape index (κ1) is 20.6. The summed E-state index contributed by atoms with van der Waals surface area (Å²) >= 11 is 6.11. The lowest BCUT2D eigenvalue weighted by Gasteiger charge is -2.08. The number of nitrogens with zero attached hydrogens (tertiary/aromatic N) is 4. The van der Waals surface area contributed by atoms with Gasteiger partial charge in [-0.25, -0.2) is 0 Å². The largest absolute Gasteiger partial charge is 0.497 e. The van der Waals surface area contributed by atoms with Crippen molar-refractivity contribution in [2.45, 2.75) is 19.4 Å². The number of hydrogen-bond donors (Lipinski definition) is 1. The number of aryl methyl sites for hydroxylation is 1. The molecule has 4 aromatic rings. The highest BCUT2D eigenvalue weighted by molar-refractivity contribution is 6.31. The van der Waals surface area contributed by atoms with Crippen LogP contribution in [0.2, 0.25) is 5.02 Å². The second-order valence-electron chi connectivity index (χ2n) is 6.85. The van der Waals surface area contributed by atoms with Crippen LogP contribution in [0.15, 0.2) is 65.7 Å². The molecular formula is C22H20ClN5O3. The average molecular weight is 438 g/mol.